The molecule has 9 heteroatoms. The van der Waals surface area contributed by atoms with Gasteiger partial charge < -0.3 is 19.5 Å². The molecule has 0 spiro atoms. The van der Waals surface area contributed by atoms with E-state index >= 15 is 0 Å². The average Bonchev–Trinajstić information content (AvgIpc) is 2.84. The molecule has 33 heavy (non-hydrogen) atoms. The van der Waals surface area contributed by atoms with Gasteiger partial charge in [0.15, 0.2) is 11.5 Å². The number of ether oxygens (including phenoxy) is 3. The average molecular weight is 469 g/mol. The molecule has 1 aliphatic heterocycles. The summed E-state index contributed by atoms with van der Waals surface area (Å²) in [7, 11) is -2.26. The zero-order valence-corrected chi connectivity index (χ0v) is 19.0. The first kappa shape index (κ1) is 22.5. The van der Waals surface area contributed by atoms with E-state index in [0.717, 1.165) is 5.56 Å². The molecule has 2 N–H and O–H groups in total. The van der Waals surface area contributed by atoms with Gasteiger partial charge in [-0.3, -0.25) is 9.52 Å². The Labute approximate surface area is 192 Å². The van der Waals surface area contributed by atoms with Gasteiger partial charge in [-0.2, -0.15) is 0 Å². The van der Waals surface area contributed by atoms with Crippen molar-refractivity contribution in [1.29, 1.82) is 0 Å². The molecule has 1 heterocycles. The molecule has 4 rings (SSSR count). The van der Waals surface area contributed by atoms with E-state index in [1.165, 1.54) is 31.4 Å². The number of hydrogen-bond acceptors (Lipinski definition) is 6. The summed E-state index contributed by atoms with van der Waals surface area (Å²) in [6.07, 6.45) is 0. The monoisotopic (exact) mass is 468 g/mol. The summed E-state index contributed by atoms with van der Waals surface area (Å²) in [6.45, 7) is 2.86. The summed E-state index contributed by atoms with van der Waals surface area (Å²) in [4.78, 5) is 12.7. The number of carbonyl (C=O) groups is 1. The highest BCUT2D eigenvalue weighted by Gasteiger charge is 2.18. The first-order valence-electron chi connectivity index (χ1n) is 10.3. The van der Waals surface area contributed by atoms with Crippen LogP contribution in [0.25, 0.3) is 0 Å². The molecule has 1 amide bonds. The maximum Gasteiger partial charge on any atom is 0.261 e. The van der Waals surface area contributed by atoms with Crippen molar-refractivity contribution in [2.24, 2.45) is 0 Å². The zero-order chi connectivity index (χ0) is 23.4. The number of anilines is 1. The second kappa shape index (κ2) is 9.41. The number of methoxy groups -OCH3 is 1. The van der Waals surface area contributed by atoms with Gasteiger partial charge >= 0.3 is 0 Å². The number of sulfonamides is 1. The number of rotatable bonds is 7. The molecule has 0 unspecified atom stereocenters. The molecule has 0 saturated heterocycles. The lowest BCUT2D eigenvalue weighted by Crippen LogP contribution is -2.27. The van der Waals surface area contributed by atoms with Crippen molar-refractivity contribution in [3.05, 3.63) is 77.9 Å². The largest absolute Gasteiger partial charge is 0.497 e. The van der Waals surface area contributed by atoms with Gasteiger partial charge in [-0.05, 0) is 73.2 Å². The van der Waals surface area contributed by atoms with Crippen LogP contribution in [0, 0.1) is 0 Å². The van der Waals surface area contributed by atoms with Crippen molar-refractivity contribution in [3.8, 4) is 17.2 Å². The number of carbonyl (C=O) groups excluding carboxylic acids is 1. The van der Waals surface area contributed by atoms with Crippen LogP contribution in [0.2, 0.25) is 0 Å². The van der Waals surface area contributed by atoms with Crippen LogP contribution in [0.4, 0.5) is 5.69 Å². The summed E-state index contributed by atoms with van der Waals surface area (Å²) in [5.74, 6) is 1.64. The molecule has 0 bridgehead atoms. The third-order valence-corrected chi connectivity index (χ3v) is 6.58. The summed E-state index contributed by atoms with van der Waals surface area (Å²) in [5.41, 5.74) is 1.63. The van der Waals surface area contributed by atoms with Crippen LogP contribution in [-0.4, -0.2) is 34.6 Å². The van der Waals surface area contributed by atoms with Gasteiger partial charge in [0.1, 0.15) is 19.0 Å². The first-order chi connectivity index (χ1) is 15.9. The van der Waals surface area contributed by atoms with E-state index in [9.17, 15) is 13.2 Å². The quantitative estimate of drug-likeness (QED) is 0.547. The van der Waals surface area contributed by atoms with Crippen molar-refractivity contribution < 1.29 is 27.4 Å². The van der Waals surface area contributed by atoms with E-state index in [1.807, 2.05) is 25.1 Å². The molecule has 0 radical (unpaired) electrons. The number of fused-ring (bicyclic) bond motifs is 1. The van der Waals surface area contributed by atoms with Crippen LogP contribution in [0.1, 0.15) is 28.9 Å². The molecule has 0 aromatic heterocycles. The van der Waals surface area contributed by atoms with Crippen LogP contribution in [0.5, 0.6) is 17.2 Å². The van der Waals surface area contributed by atoms with E-state index in [1.54, 1.807) is 24.3 Å². The molecule has 1 aliphatic rings. The topological polar surface area (TPSA) is 103 Å². The number of hydrogen-bond donors (Lipinski definition) is 2. The fraction of sp³-hybridized carbons (Fsp3) is 0.208. The van der Waals surface area contributed by atoms with Crippen LogP contribution in [-0.2, 0) is 10.0 Å². The predicted molar refractivity (Wildman–Crippen MR) is 124 cm³/mol. The minimum Gasteiger partial charge on any atom is -0.497 e. The highest BCUT2D eigenvalue weighted by Crippen LogP contribution is 2.32. The standard InChI is InChI=1S/C24H24N2O6S/c1-16(18-5-12-22-23(15-18)32-14-13-31-22)25-24(27)17-3-10-21(11-4-17)33(28,29)26-19-6-8-20(30-2)9-7-19/h3-12,15-16,26H,13-14H2,1-2H3,(H,25,27)/t16-/m0/s1. The molecule has 3 aromatic carbocycles. The van der Waals surface area contributed by atoms with Crippen LogP contribution >= 0.6 is 0 Å². The predicted octanol–water partition coefficient (Wildman–Crippen LogP) is 3.76. The van der Waals surface area contributed by atoms with Gasteiger partial charge in [-0.25, -0.2) is 8.42 Å². The van der Waals surface area contributed by atoms with Gasteiger partial charge in [0.2, 0.25) is 0 Å². The van der Waals surface area contributed by atoms with Crippen molar-refractivity contribution in [2.75, 3.05) is 25.0 Å². The van der Waals surface area contributed by atoms with Crippen LogP contribution in [0.15, 0.2) is 71.6 Å². The molecule has 0 saturated carbocycles. The van der Waals surface area contributed by atoms with Gasteiger partial charge in [0.05, 0.1) is 18.0 Å². The van der Waals surface area contributed by atoms with Gasteiger partial charge in [-0.15, -0.1) is 0 Å². The summed E-state index contributed by atoms with van der Waals surface area (Å²) in [6, 6.07) is 17.6. The zero-order valence-electron chi connectivity index (χ0n) is 18.2. The Morgan fingerprint density at radius 3 is 2.27 bits per heavy atom. The minimum atomic E-state index is -3.80. The van der Waals surface area contributed by atoms with Crippen LogP contribution in [0.3, 0.4) is 0 Å². The van der Waals surface area contributed by atoms with Crippen molar-refractivity contribution in [3.63, 3.8) is 0 Å². The fourth-order valence-corrected chi connectivity index (χ4v) is 4.41. The Morgan fingerprint density at radius 1 is 0.939 bits per heavy atom. The molecular formula is C24H24N2O6S. The smallest absolute Gasteiger partial charge is 0.261 e. The Balaban J connectivity index is 1.42. The summed E-state index contributed by atoms with van der Waals surface area (Å²) >= 11 is 0. The number of nitrogens with one attached hydrogen (secondary N) is 2. The third kappa shape index (κ3) is 5.20. The Hall–Kier alpha value is -3.72. The van der Waals surface area contributed by atoms with Gasteiger partial charge in [-0.1, -0.05) is 6.07 Å². The SMILES string of the molecule is COc1ccc(NS(=O)(=O)c2ccc(C(=O)N[C@@H](C)c3ccc4c(c3)OCCO4)cc2)cc1. The Bertz CT molecular complexity index is 1240. The highest BCUT2D eigenvalue weighted by atomic mass is 32.2. The van der Waals surface area contributed by atoms with Crippen molar-refractivity contribution >= 4 is 21.6 Å². The van der Waals surface area contributed by atoms with Gasteiger partial charge in [0.25, 0.3) is 15.9 Å². The minimum absolute atomic E-state index is 0.0507. The lowest BCUT2D eigenvalue weighted by molar-refractivity contribution is 0.0939. The molecule has 172 valence electrons. The molecule has 1 atom stereocenters. The van der Waals surface area contributed by atoms with Crippen molar-refractivity contribution in [1.82, 2.24) is 5.32 Å². The number of benzene rings is 3. The lowest BCUT2D eigenvalue weighted by Gasteiger charge is -2.21. The first-order valence-corrected chi connectivity index (χ1v) is 11.8. The van der Waals surface area contributed by atoms with Gasteiger partial charge in [0, 0.05) is 11.3 Å². The second-order valence-electron chi connectivity index (χ2n) is 7.46. The second-order valence-corrected chi connectivity index (χ2v) is 9.14. The summed E-state index contributed by atoms with van der Waals surface area (Å²) in [5, 5.41) is 2.92. The maximum atomic E-state index is 12.7. The molecule has 8 nitrogen and oxygen atoms in total. The van der Waals surface area contributed by atoms with E-state index in [2.05, 4.69) is 10.0 Å². The summed E-state index contributed by atoms with van der Waals surface area (Å²) < 4.78 is 44.0. The molecule has 0 aliphatic carbocycles. The van der Waals surface area contributed by atoms with E-state index in [-0.39, 0.29) is 16.8 Å². The lowest BCUT2D eigenvalue weighted by atomic mass is 10.1. The van der Waals surface area contributed by atoms with Crippen molar-refractivity contribution in [2.45, 2.75) is 17.9 Å². The maximum absolute atomic E-state index is 12.7. The fourth-order valence-electron chi connectivity index (χ4n) is 3.35. The highest BCUT2D eigenvalue weighted by molar-refractivity contribution is 7.92. The Kier molecular flexibility index (Phi) is 6.41. The normalized spacial score (nSPS) is 13.6. The number of amides is 1. The molecule has 3 aromatic rings. The Morgan fingerprint density at radius 2 is 1.61 bits per heavy atom. The molecule has 0 fully saturated rings. The van der Waals surface area contributed by atoms with E-state index < -0.39 is 10.0 Å². The van der Waals surface area contributed by atoms with Crippen LogP contribution < -0.4 is 24.2 Å². The van der Waals surface area contributed by atoms with E-state index in [0.29, 0.717) is 41.7 Å². The van der Waals surface area contributed by atoms with E-state index in [4.69, 9.17) is 14.2 Å². The molecular weight excluding hydrogens is 444 g/mol. The third-order valence-electron chi connectivity index (χ3n) is 5.18.